The number of hydrogen-bond donors (Lipinski definition) is 2. The predicted molar refractivity (Wildman–Crippen MR) is 129 cm³/mol. The smallest absolute Gasteiger partial charge is 0.273 e. The zero-order chi connectivity index (χ0) is 24.4. The molecule has 1 aliphatic rings. The van der Waals surface area contributed by atoms with Crippen molar-refractivity contribution in [2.45, 2.75) is 26.4 Å². The Kier molecular flexibility index (Phi) is 6.28. The molecule has 1 fully saturated rings. The summed E-state index contributed by atoms with van der Waals surface area (Å²) in [7, 11) is 0. The molecular weight excluding hydrogens is 446 g/mol. The van der Waals surface area contributed by atoms with Gasteiger partial charge in [0.1, 0.15) is 6.04 Å². The highest BCUT2D eigenvalue weighted by Gasteiger charge is 2.27. The lowest BCUT2D eigenvalue weighted by Crippen LogP contribution is -2.54. The Hall–Kier alpha value is -4.05. The maximum atomic E-state index is 12.9. The van der Waals surface area contributed by atoms with Gasteiger partial charge in [-0.15, -0.1) is 0 Å². The summed E-state index contributed by atoms with van der Waals surface area (Å²) in [6.07, 6.45) is 0. The quantitative estimate of drug-likeness (QED) is 0.441. The van der Waals surface area contributed by atoms with Crippen molar-refractivity contribution < 1.29 is 14.1 Å². The second-order valence-electron chi connectivity index (χ2n) is 8.79. The molecule has 10 heteroatoms. The number of para-hydroxylation sites is 1. The van der Waals surface area contributed by atoms with Crippen molar-refractivity contribution in [1.82, 2.24) is 35.5 Å². The summed E-state index contributed by atoms with van der Waals surface area (Å²) >= 11 is 0. The van der Waals surface area contributed by atoms with E-state index < -0.39 is 6.04 Å². The number of amides is 2. The molecule has 3 heterocycles. The van der Waals surface area contributed by atoms with E-state index in [0.29, 0.717) is 44.4 Å². The Morgan fingerprint density at radius 1 is 1.09 bits per heavy atom. The number of nitrogens with one attached hydrogen (secondary N) is 2. The number of benzene rings is 2. The summed E-state index contributed by atoms with van der Waals surface area (Å²) in [5.41, 5.74) is 3.16. The zero-order valence-corrected chi connectivity index (χ0v) is 19.7. The lowest BCUT2D eigenvalue weighted by atomic mass is 10.1. The number of fused-ring (bicyclic) bond motifs is 1. The van der Waals surface area contributed by atoms with Crippen LogP contribution in [0.1, 0.15) is 28.9 Å². The van der Waals surface area contributed by atoms with Gasteiger partial charge in [0, 0.05) is 37.1 Å². The van der Waals surface area contributed by atoms with E-state index in [1.165, 1.54) is 5.56 Å². The number of carbonyl (C=O) groups excluding carboxylic acids is 2. The van der Waals surface area contributed by atoms with E-state index in [-0.39, 0.29) is 17.5 Å². The predicted octanol–water partition coefficient (Wildman–Crippen LogP) is 2.38. The number of aromatic nitrogens is 4. The zero-order valence-electron chi connectivity index (χ0n) is 19.7. The van der Waals surface area contributed by atoms with Crippen molar-refractivity contribution >= 4 is 22.7 Å². The lowest BCUT2D eigenvalue weighted by molar-refractivity contribution is -0.134. The van der Waals surface area contributed by atoms with Gasteiger partial charge in [-0.25, -0.2) is 0 Å². The molecular formula is C25H27N7O3. The first-order valence-electron chi connectivity index (χ1n) is 11.6. The van der Waals surface area contributed by atoms with E-state index in [1.54, 1.807) is 11.8 Å². The Bertz CT molecular complexity index is 1340. The summed E-state index contributed by atoms with van der Waals surface area (Å²) < 4.78 is 5.43. The van der Waals surface area contributed by atoms with Gasteiger partial charge in [0.15, 0.2) is 5.69 Å². The average Bonchev–Trinajstić information content (AvgIpc) is 3.52. The highest BCUT2D eigenvalue weighted by Crippen LogP contribution is 2.18. The molecule has 0 spiro atoms. The molecule has 2 amide bonds. The second kappa shape index (κ2) is 9.67. The van der Waals surface area contributed by atoms with Gasteiger partial charge in [0.05, 0.1) is 12.1 Å². The molecule has 0 unspecified atom stereocenters. The molecule has 0 aliphatic carbocycles. The molecule has 1 saturated heterocycles. The van der Waals surface area contributed by atoms with Gasteiger partial charge >= 0.3 is 0 Å². The molecule has 35 heavy (non-hydrogen) atoms. The van der Waals surface area contributed by atoms with Crippen LogP contribution in [-0.4, -0.2) is 74.2 Å². The summed E-state index contributed by atoms with van der Waals surface area (Å²) in [6.45, 7) is 6.74. The van der Waals surface area contributed by atoms with Gasteiger partial charge in [-0.2, -0.15) is 10.1 Å². The van der Waals surface area contributed by atoms with Crippen LogP contribution in [0, 0.1) is 6.92 Å². The van der Waals surface area contributed by atoms with Crippen molar-refractivity contribution in [2.24, 2.45) is 0 Å². The van der Waals surface area contributed by atoms with Crippen LogP contribution >= 0.6 is 0 Å². The van der Waals surface area contributed by atoms with E-state index in [4.69, 9.17) is 4.52 Å². The van der Waals surface area contributed by atoms with Crippen LogP contribution in [0.15, 0.2) is 53.1 Å². The number of carbonyl (C=O) groups is 2. The van der Waals surface area contributed by atoms with Gasteiger partial charge in [0.2, 0.25) is 17.6 Å². The normalized spacial score (nSPS) is 15.3. The van der Waals surface area contributed by atoms with Gasteiger partial charge in [-0.05, 0) is 19.9 Å². The Labute approximate surface area is 202 Å². The Balaban J connectivity index is 1.13. The van der Waals surface area contributed by atoms with Crippen LogP contribution in [0.5, 0.6) is 0 Å². The molecule has 10 nitrogen and oxygen atoms in total. The van der Waals surface area contributed by atoms with E-state index >= 15 is 0 Å². The van der Waals surface area contributed by atoms with Crippen LogP contribution in [0.3, 0.4) is 0 Å². The number of hydrogen-bond acceptors (Lipinski definition) is 7. The van der Waals surface area contributed by atoms with E-state index in [2.05, 4.69) is 30.6 Å². The molecule has 1 aliphatic heterocycles. The number of piperazine rings is 1. The first-order valence-corrected chi connectivity index (χ1v) is 11.6. The highest BCUT2D eigenvalue weighted by molar-refractivity contribution is 6.05. The van der Waals surface area contributed by atoms with Crippen molar-refractivity contribution in [3.05, 3.63) is 65.7 Å². The van der Waals surface area contributed by atoms with Crippen LogP contribution in [0.2, 0.25) is 0 Å². The number of rotatable bonds is 6. The molecule has 1 atom stereocenters. The maximum absolute atomic E-state index is 12.9. The number of H-pyrrole nitrogens is 1. The van der Waals surface area contributed by atoms with Crippen molar-refractivity contribution in [2.75, 3.05) is 26.2 Å². The standard InChI is InChI=1S/C25H27N7O3/c1-16-7-9-18(10-8-16)23-27-21(35-30-23)15-31-11-13-32(14-12-31)25(34)17(2)26-24(33)22-19-5-3-4-6-20(19)28-29-22/h3-10,17H,11-15H2,1-2H3,(H,26,33)(H,28,29)/t17-/m1/s1. The minimum Gasteiger partial charge on any atom is -0.339 e. The van der Waals surface area contributed by atoms with Crippen molar-refractivity contribution in [1.29, 1.82) is 0 Å². The fourth-order valence-corrected chi connectivity index (χ4v) is 4.19. The molecule has 0 saturated carbocycles. The van der Waals surface area contributed by atoms with Gasteiger partial charge in [-0.1, -0.05) is 53.2 Å². The van der Waals surface area contributed by atoms with Crippen LogP contribution < -0.4 is 5.32 Å². The lowest BCUT2D eigenvalue weighted by Gasteiger charge is -2.35. The van der Waals surface area contributed by atoms with Crippen molar-refractivity contribution in [3.8, 4) is 11.4 Å². The molecule has 0 bridgehead atoms. The topological polar surface area (TPSA) is 120 Å². The molecule has 2 aromatic carbocycles. The SMILES string of the molecule is Cc1ccc(-c2noc(CN3CCN(C(=O)[C@@H](C)NC(=O)c4n[nH]c5ccccc45)CC3)n2)cc1. The van der Waals surface area contributed by atoms with Gasteiger partial charge < -0.3 is 14.7 Å². The first-order chi connectivity index (χ1) is 17.0. The second-order valence-corrected chi connectivity index (χ2v) is 8.79. The summed E-state index contributed by atoms with van der Waals surface area (Å²) in [5, 5.41) is 14.6. The number of nitrogens with zero attached hydrogens (tertiary/aromatic N) is 5. The van der Waals surface area contributed by atoms with E-state index in [9.17, 15) is 9.59 Å². The third-order valence-electron chi connectivity index (χ3n) is 6.22. The summed E-state index contributed by atoms with van der Waals surface area (Å²) in [4.78, 5) is 34.1. The molecule has 4 aromatic rings. The average molecular weight is 474 g/mol. The molecule has 2 aromatic heterocycles. The molecule has 180 valence electrons. The minimum atomic E-state index is -0.655. The van der Waals surface area contributed by atoms with Gasteiger partial charge in [0.25, 0.3) is 5.91 Å². The fourth-order valence-electron chi connectivity index (χ4n) is 4.19. The Morgan fingerprint density at radius 2 is 1.83 bits per heavy atom. The van der Waals surface area contributed by atoms with Crippen LogP contribution in [0.25, 0.3) is 22.3 Å². The van der Waals surface area contributed by atoms with E-state index in [0.717, 1.165) is 16.5 Å². The van der Waals surface area contributed by atoms with Crippen LogP contribution in [0.4, 0.5) is 0 Å². The summed E-state index contributed by atoms with van der Waals surface area (Å²) in [6, 6.07) is 14.7. The first kappa shape index (κ1) is 22.7. The van der Waals surface area contributed by atoms with Gasteiger partial charge in [-0.3, -0.25) is 19.6 Å². The fraction of sp³-hybridized carbons (Fsp3) is 0.320. The third-order valence-corrected chi connectivity index (χ3v) is 6.22. The highest BCUT2D eigenvalue weighted by atomic mass is 16.5. The van der Waals surface area contributed by atoms with E-state index in [1.807, 2.05) is 55.5 Å². The molecule has 0 radical (unpaired) electrons. The third kappa shape index (κ3) is 4.92. The number of aromatic amines is 1. The minimum absolute atomic E-state index is 0.114. The number of aryl methyl sites for hydroxylation is 1. The molecule has 2 N–H and O–H groups in total. The van der Waals surface area contributed by atoms with Crippen molar-refractivity contribution in [3.63, 3.8) is 0 Å². The monoisotopic (exact) mass is 473 g/mol. The Morgan fingerprint density at radius 3 is 2.60 bits per heavy atom. The molecule has 5 rings (SSSR count). The maximum Gasteiger partial charge on any atom is 0.273 e. The summed E-state index contributed by atoms with van der Waals surface area (Å²) in [5.74, 6) is 0.635. The van der Waals surface area contributed by atoms with Crippen LogP contribution in [-0.2, 0) is 11.3 Å². The largest absolute Gasteiger partial charge is 0.339 e.